The Morgan fingerprint density at radius 3 is 2.57 bits per heavy atom. The fourth-order valence-electron chi connectivity index (χ4n) is 4.17. The zero-order valence-corrected chi connectivity index (χ0v) is 19.8. The minimum Gasteiger partial charge on any atom is -0.494 e. The van der Waals surface area contributed by atoms with E-state index in [2.05, 4.69) is 16.0 Å². The van der Waals surface area contributed by atoms with Crippen molar-refractivity contribution in [2.24, 2.45) is 4.99 Å². The number of H-pyrrole nitrogens is 1. The summed E-state index contributed by atoms with van der Waals surface area (Å²) >= 11 is 0. The number of benzene rings is 3. The molecule has 0 bridgehead atoms. The Kier molecular flexibility index (Phi) is 7.27. The maximum Gasteiger partial charge on any atom is 0.307 e. The second-order valence-corrected chi connectivity index (χ2v) is 8.85. The van der Waals surface area contributed by atoms with Crippen LogP contribution >= 0.6 is 0 Å². The molecule has 6 nitrogen and oxygen atoms in total. The van der Waals surface area contributed by atoms with Crippen molar-refractivity contribution in [2.75, 3.05) is 20.6 Å². The SMILES string of the molecule is CN(C)CCCc1cccc(N=C(c2cccc(CC(=O)O)c2)c2c(O)[nH]c3cc(F)ccc23)c1. The maximum atomic E-state index is 13.8. The highest BCUT2D eigenvalue weighted by molar-refractivity contribution is 6.22. The van der Waals surface area contributed by atoms with Crippen molar-refractivity contribution in [3.8, 4) is 5.88 Å². The van der Waals surface area contributed by atoms with Crippen molar-refractivity contribution in [2.45, 2.75) is 19.3 Å². The number of hydrogen-bond acceptors (Lipinski definition) is 4. The Bertz CT molecular complexity index is 1390. The van der Waals surface area contributed by atoms with E-state index in [-0.39, 0.29) is 12.3 Å². The molecule has 0 amide bonds. The van der Waals surface area contributed by atoms with Crippen molar-refractivity contribution < 1.29 is 19.4 Å². The quantitative estimate of drug-likeness (QED) is 0.288. The van der Waals surface area contributed by atoms with Gasteiger partial charge in [0.15, 0.2) is 5.88 Å². The van der Waals surface area contributed by atoms with Crippen LogP contribution in [0.25, 0.3) is 10.9 Å². The molecule has 0 aliphatic carbocycles. The Morgan fingerprint density at radius 1 is 1.03 bits per heavy atom. The second-order valence-electron chi connectivity index (χ2n) is 8.85. The van der Waals surface area contributed by atoms with Gasteiger partial charge in [-0.05, 0) is 81.0 Å². The van der Waals surface area contributed by atoms with Crippen molar-refractivity contribution in [3.63, 3.8) is 0 Å². The fraction of sp³-hybridized carbons (Fsp3) is 0.214. The summed E-state index contributed by atoms with van der Waals surface area (Å²) in [5.74, 6) is -1.48. The highest BCUT2D eigenvalue weighted by Crippen LogP contribution is 2.32. The van der Waals surface area contributed by atoms with E-state index in [0.717, 1.165) is 24.9 Å². The van der Waals surface area contributed by atoms with Gasteiger partial charge in [-0.1, -0.05) is 30.3 Å². The number of nitrogens with zero attached hydrogens (tertiary/aromatic N) is 2. The van der Waals surface area contributed by atoms with Gasteiger partial charge in [-0.2, -0.15) is 0 Å². The number of carbonyl (C=O) groups is 1. The molecule has 3 aromatic carbocycles. The molecule has 0 saturated carbocycles. The molecule has 35 heavy (non-hydrogen) atoms. The summed E-state index contributed by atoms with van der Waals surface area (Å²) in [5.41, 5.74) is 4.49. The van der Waals surface area contributed by atoms with Crippen LogP contribution in [0.1, 0.15) is 28.7 Å². The molecule has 0 fully saturated rings. The summed E-state index contributed by atoms with van der Waals surface area (Å²) in [7, 11) is 4.09. The molecule has 180 valence electrons. The number of aliphatic imine (C=N–C) groups is 1. The molecule has 1 aromatic heterocycles. The van der Waals surface area contributed by atoms with E-state index in [1.54, 1.807) is 24.3 Å². The van der Waals surface area contributed by atoms with E-state index in [9.17, 15) is 19.4 Å². The number of nitrogens with one attached hydrogen (secondary N) is 1. The monoisotopic (exact) mass is 473 g/mol. The first kappa shape index (κ1) is 24.2. The lowest BCUT2D eigenvalue weighted by Gasteiger charge is -2.11. The molecule has 0 aliphatic heterocycles. The fourth-order valence-corrected chi connectivity index (χ4v) is 4.17. The van der Waals surface area contributed by atoms with Crippen LogP contribution in [-0.2, 0) is 17.6 Å². The molecule has 0 atom stereocenters. The van der Waals surface area contributed by atoms with Gasteiger partial charge in [-0.15, -0.1) is 0 Å². The number of aromatic nitrogens is 1. The summed E-state index contributed by atoms with van der Waals surface area (Å²) in [6.07, 6.45) is 1.79. The topological polar surface area (TPSA) is 88.9 Å². The van der Waals surface area contributed by atoms with Crippen LogP contribution in [0.4, 0.5) is 10.1 Å². The van der Waals surface area contributed by atoms with E-state index in [1.807, 2.05) is 38.4 Å². The molecule has 4 rings (SSSR count). The van der Waals surface area contributed by atoms with Crippen molar-refractivity contribution in [3.05, 3.63) is 94.8 Å². The highest BCUT2D eigenvalue weighted by Gasteiger charge is 2.20. The molecule has 4 aromatic rings. The molecule has 3 N–H and O–H groups in total. The van der Waals surface area contributed by atoms with Crippen molar-refractivity contribution in [1.82, 2.24) is 9.88 Å². The number of aliphatic carboxylic acids is 1. The van der Waals surface area contributed by atoms with Gasteiger partial charge >= 0.3 is 5.97 Å². The van der Waals surface area contributed by atoms with Gasteiger partial charge in [-0.25, -0.2) is 9.38 Å². The van der Waals surface area contributed by atoms with Gasteiger partial charge < -0.3 is 20.1 Å². The number of carboxylic acids is 1. The smallest absolute Gasteiger partial charge is 0.307 e. The Balaban J connectivity index is 1.83. The number of carboxylic acid groups (broad SMARTS) is 1. The second kappa shape index (κ2) is 10.5. The van der Waals surface area contributed by atoms with Crippen LogP contribution in [0.15, 0.2) is 71.7 Å². The molecule has 0 radical (unpaired) electrons. The lowest BCUT2D eigenvalue weighted by Crippen LogP contribution is -2.13. The van der Waals surface area contributed by atoms with Gasteiger partial charge in [0, 0.05) is 10.9 Å². The number of rotatable bonds is 9. The Labute approximate surface area is 203 Å². The van der Waals surface area contributed by atoms with E-state index in [1.165, 1.54) is 12.1 Å². The lowest BCUT2D eigenvalue weighted by atomic mass is 9.98. The normalized spacial score (nSPS) is 11.9. The largest absolute Gasteiger partial charge is 0.494 e. The molecular formula is C28H28FN3O3. The number of halogens is 1. The lowest BCUT2D eigenvalue weighted by molar-refractivity contribution is -0.136. The van der Waals surface area contributed by atoms with E-state index < -0.39 is 11.8 Å². The zero-order chi connectivity index (χ0) is 24.9. The third-order valence-corrected chi connectivity index (χ3v) is 5.76. The van der Waals surface area contributed by atoms with Crippen molar-refractivity contribution in [1.29, 1.82) is 0 Å². The van der Waals surface area contributed by atoms with Gasteiger partial charge in [0.05, 0.1) is 28.9 Å². The standard InChI is InChI=1S/C28H28FN3O3/c1-32(2)13-5-8-18-6-4-10-22(15-18)30-27(20-9-3-7-19(14-20)16-25(33)34)26-23-12-11-21(29)17-24(23)31-28(26)35/h3-4,6-7,9-12,14-15,17,31,35H,5,8,13,16H2,1-2H3,(H,33,34). The van der Waals surface area contributed by atoms with E-state index >= 15 is 0 Å². The van der Waals surface area contributed by atoms with Crippen molar-refractivity contribution >= 4 is 28.3 Å². The first-order chi connectivity index (χ1) is 16.8. The summed E-state index contributed by atoms with van der Waals surface area (Å²) in [4.78, 5) is 21.2. The molecule has 0 aliphatic rings. The minimum absolute atomic E-state index is 0.130. The molecule has 0 unspecified atom stereocenters. The minimum atomic E-state index is -0.934. The highest BCUT2D eigenvalue weighted by atomic mass is 19.1. The first-order valence-electron chi connectivity index (χ1n) is 11.4. The first-order valence-corrected chi connectivity index (χ1v) is 11.4. The van der Waals surface area contributed by atoms with Crippen LogP contribution in [0.5, 0.6) is 5.88 Å². The number of hydrogen-bond donors (Lipinski definition) is 3. The molecule has 1 heterocycles. The molecule has 0 spiro atoms. The van der Waals surface area contributed by atoms with Gasteiger partial charge in [0.25, 0.3) is 0 Å². The third kappa shape index (κ3) is 5.94. The third-order valence-electron chi connectivity index (χ3n) is 5.76. The predicted octanol–water partition coefficient (Wildman–Crippen LogP) is 5.30. The average molecular weight is 474 g/mol. The van der Waals surface area contributed by atoms with Gasteiger partial charge in [0.1, 0.15) is 5.82 Å². The number of fused-ring (bicyclic) bond motifs is 1. The summed E-state index contributed by atoms with van der Waals surface area (Å²) in [6.45, 7) is 0.981. The summed E-state index contributed by atoms with van der Waals surface area (Å²) in [6, 6.07) is 19.3. The summed E-state index contributed by atoms with van der Waals surface area (Å²) in [5, 5.41) is 20.7. The van der Waals surface area contributed by atoms with Crippen LogP contribution in [0.2, 0.25) is 0 Å². The molecule has 7 heteroatoms. The predicted molar refractivity (Wildman–Crippen MR) is 136 cm³/mol. The number of aryl methyl sites for hydroxylation is 1. The van der Waals surface area contributed by atoms with E-state index in [0.29, 0.717) is 39.0 Å². The van der Waals surface area contributed by atoms with Crippen LogP contribution in [0, 0.1) is 5.82 Å². The summed E-state index contributed by atoms with van der Waals surface area (Å²) < 4.78 is 13.8. The van der Waals surface area contributed by atoms with Crippen LogP contribution in [-0.4, -0.2) is 52.4 Å². The average Bonchev–Trinajstić information content (AvgIpc) is 3.11. The Morgan fingerprint density at radius 2 is 1.80 bits per heavy atom. The van der Waals surface area contributed by atoms with Crippen LogP contribution in [0.3, 0.4) is 0 Å². The number of aromatic amines is 1. The maximum absolute atomic E-state index is 13.8. The van der Waals surface area contributed by atoms with Crippen LogP contribution < -0.4 is 0 Å². The zero-order valence-electron chi connectivity index (χ0n) is 19.8. The van der Waals surface area contributed by atoms with Gasteiger partial charge in [0.2, 0.25) is 0 Å². The van der Waals surface area contributed by atoms with Gasteiger partial charge in [-0.3, -0.25) is 4.79 Å². The molecular weight excluding hydrogens is 445 g/mol. The molecule has 0 saturated heterocycles. The Hall–Kier alpha value is -3.97. The van der Waals surface area contributed by atoms with E-state index in [4.69, 9.17) is 4.99 Å². The number of aromatic hydroxyl groups is 1.